The summed E-state index contributed by atoms with van der Waals surface area (Å²) in [5, 5.41) is 0. The van der Waals surface area contributed by atoms with E-state index in [4.69, 9.17) is 33.0 Å². The van der Waals surface area contributed by atoms with E-state index in [-0.39, 0.29) is 6.61 Å². The Kier molecular flexibility index (Phi) is 5.27. The van der Waals surface area contributed by atoms with Gasteiger partial charge in [-0.15, -0.1) is 23.2 Å². The topological polar surface area (TPSA) is 49.7 Å². The molecule has 0 aromatic rings. The molecule has 0 heterocycles. The van der Waals surface area contributed by atoms with Crippen molar-refractivity contribution in [2.24, 2.45) is 0 Å². The van der Waals surface area contributed by atoms with Crippen molar-refractivity contribution in [3.8, 4) is 0 Å². The van der Waals surface area contributed by atoms with Gasteiger partial charge in [0.05, 0.1) is 6.61 Å². The summed E-state index contributed by atoms with van der Waals surface area (Å²) in [7, 11) is -2.30. The quantitative estimate of drug-likeness (QED) is 0.502. The summed E-state index contributed by atoms with van der Waals surface area (Å²) in [6, 6.07) is 0. The van der Waals surface area contributed by atoms with E-state index in [1.165, 1.54) is 0 Å². The van der Waals surface area contributed by atoms with Crippen LogP contribution in [0.1, 0.15) is 0 Å². The van der Waals surface area contributed by atoms with E-state index >= 15 is 0 Å². The molecule has 0 bridgehead atoms. The molecule has 50 valence electrons. The zero-order chi connectivity index (χ0) is 6.57. The molecule has 6 heteroatoms. The van der Waals surface area contributed by atoms with Gasteiger partial charge in [0, 0.05) is 0 Å². The van der Waals surface area contributed by atoms with Crippen molar-refractivity contribution < 1.29 is 14.3 Å². The third-order valence-corrected chi connectivity index (χ3v) is 0.948. The summed E-state index contributed by atoms with van der Waals surface area (Å²) in [6.07, 6.45) is 0. The fourth-order valence-electron chi connectivity index (χ4n) is 0.123. The average Bonchev–Trinajstić information content (AvgIpc) is 1.61. The second-order valence-corrected chi connectivity index (χ2v) is 2.98. The molecule has 0 aromatic heterocycles. The highest BCUT2D eigenvalue weighted by atomic mass is 35.5. The maximum absolute atomic E-state index is 8.08. The Bertz CT molecular complexity index is 51.2. The van der Waals surface area contributed by atoms with Gasteiger partial charge in [0.15, 0.2) is 0 Å². The van der Waals surface area contributed by atoms with Crippen LogP contribution in [0.15, 0.2) is 0 Å². The smallest absolute Gasteiger partial charge is 0.327 e. The Labute approximate surface area is 58.2 Å². The second kappa shape index (κ2) is 4.74. The van der Waals surface area contributed by atoms with Crippen LogP contribution in [-0.4, -0.2) is 21.2 Å². The van der Waals surface area contributed by atoms with E-state index < -0.39 is 13.4 Å². The zero-order valence-corrected chi connectivity index (χ0v) is 6.20. The van der Waals surface area contributed by atoms with E-state index in [1.54, 1.807) is 0 Å². The van der Waals surface area contributed by atoms with E-state index in [9.17, 15) is 0 Å². The van der Waals surface area contributed by atoms with Crippen molar-refractivity contribution >= 4 is 31.8 Å². The highest BCUT2D eigenvalue weighted by molar-refractivity contribution is 7.39. The molecule has 0 fully saturated rings. The van der Waals surface area contributed by atoms with Gasteiger partial charge >= 0.3 is 8.60 Å². The van der Waals surface area contributed by atoms with Gasteiger partial charge < -0.3 is 14.3 Å². The van der Waals surface area contributed by atoms with Crippen LogP contribution in [0.3, 0.4) is 0 Å². The Morgan fingerprint density at radius 3 is 2.12 bits per heavy atom. The van der Waals surface area contributed by atoms with Gasteiger partial charge in [0.25, 0.3) is 0 Å². The lowest BCUT2D eigenvalue weighted by atomic mass is 10.9. The number of alkyl halides is 2. The zero-order valence-electron chi connectivity index (χ0n) is 3.79. The summed E-state index contributed by atoms with van der Waals surface area (Å²) >= 11 is 10.3. The Balaban J connectivity index is 2.93. The van der Waals surface area contributed by atoms with Crippen LogP contribution in [0.2, 0.25) is 0 Å². The summed E-state index contributed by atoms with van der Waals surface area (Å²) in [6.45, 7) is -0.0538. The highest BCUT2D eigenvalue weighted by Crippen LogP contribution is 2.25. The molecular weight excluding hydrogens is 174 g/mol. The van der Waals surface area contributed by atoms with E-state index in [1.807, 2.05) is 0 Å². The fourth-order valence-corrected chi connectivity index (χ4v) is 0.707. The van der Waals surface area contributed by atoms with Gasteiger partial charge in [-0.3, -0.25) is 0 Å². The summed E-state index contributed by atoms with van der Waals surface area (Å²) in [5.74, 6) is 0. The van der Waals surface area contributed by atoms with Crippen molar-refractivity contribution in [3.63, 3.8) is 0 Å². The maximum atomic E-state index is 8.08. The molecule has 0 amide bonds. The SMILES string of the molecule is OP(O)OCC(Cl)Cl. The normalized spacial score (nSPS) is 11.2. The third kappa shape index (κ3) is 6.89. The first-order valence-electron chi connectivity index (χ1n) is 1.72. The van der Waals surface area contributed by atoms with Crippen LogP contribution in [0, 0.1) is 0 Å². The van der Waals surface area contributed by atoms with Gasteiger partial charge in [-0.25, -0.2) is 0 Å². The number of hydrogen-bond acceptors (Lipinski definition) is 3. The predicted molar refractivity (Wildman–Crippen MR) is 32.8 cm³/mol. The highest BCUT2D eigenvalue weighted by Gasteiger charge is 2.02. The first kappa shape index (κ1) is 8.89. The minimum Gasteiger partial charge on any atom is -0.328 e. The van der Waals surface area contributed by atoms with E-state index in [0.29, 0.717) is 0 Å². The summed E-state index contributed by atoms with van der Waals surface area (Å²) < 4.78 is 4.22. The molecule has 0 aliphatic rings. The molecule has 0 spiro atoms. The fraction of sp³-hybridized carbons (Fsp3) is 1.00. The molecule has 2 N–H and O–H groups in total. The maximum Gasteiger partial charge on any atom is 0.327 e. The molecule has 0 unspecified atom stereocenters. The molecule has 0 saturated carbocycles. The van der Waals surface area contributed by atoms with E-state index in [2.05, 4.69) is 4.52 Å². The third-order valence-electron chi connectivity index (χ3n) is 0.316. The van der Waals surface area contributed by atoms with E-state index in [0.717, 1.165) is 0 Å². The van der Waals surface area contributed by atoms with Gasteiger partial charge in [0.1, 0.15) is 4.84 Å². The van der Waals surface area contributed by atoms with Crippen molar-refractivity contribution in [1.29, 1.82) is 0 Å². The van der Waals surface area contributed by atoms with Crippen LogP contribution < -0.4 is 0 Å². The molecule has 0 aliphatic heterocycles. The number of halogens is 2. The van der Waals surface area contributed by atoms with Crippen LogP contribution >= 0.6 is 31.8 Å². The lowest BCUT2D eigenvalue weighted by Gasteiger charge is -2.01. The molecule has 0 radical (unpaired) electrons. The lowest BCUT2D eigenvalue weighted by molar-refractivity contribution is 0.266. The number of hydrogen-bond donors (Lipinski definition) is 2. The van der Waals surface area contributed by atoms with Crippen LogP contribution in [0.5, 0.6) is 0 Å². The van der Waals surface area contributed by atoms with Gasteiger partial charge in [-0.05, 0) is 0 Å². The molecule has 8 heavy (non-hydrogen) atoms. The molecule has 0 saturated heterocycles. The lowest BCUT2D eigenvalue weighted by Crippen LogP contribution is -1.97. The van der Waals surface area contributed by atoms with Crippen LogP contribution in [0.25, 0.3) is 0 Å². The van der Waals surface area contributed by atoms with Crippen LogP contribution in [0.4, 0.5) is 0 Å². The Hall–Kier alpha value is 0.890. The van der Waals surface area contributed by atoms with Crippen LogP contribution in [-0.2, 0) is 4.52 Å². The number of rotatable bonds is 3. The van der Waals surface area contributed by atoms with Crippen molar-refractivity contribution in [2.75, 3.05) is 6.61 Å². The Morgan fingerprint density at radius 1 is 1.50 bits per heavy atom. The minimum atomic E-state index is -2.30. The predicted octanol–water partition coefficient (Wildman–Crippen LogP) is 1.02. The van der Waals surface area contributed by atoms with Gasteiger partial charge in [0.2, 0.25) is 0 Å². The van der Waals surface area contributed by atoms with Crippen molar-refractivity contribution in [2.45, 2.75) is 4.84 Å². The Morgan fingerprint density at radius 2 is 2.00 bits per heavy atom. The summed E-state index contributed by atoms with van der Waals surface area (Å²) in [5.41, 5.74) is 0. The standard InChI is InChI=1S/C2H5Cl2O3P/c3-2(4)1-7-8(5)6/h2,5-6H,1H2. The molecule has 0 aromatic carbocycles. The molecule has 3 nitrogen and oxygen atoms in total. The first-order chi connectivity index (χ1) is 3.63. The largest absolute Gasteiger partial charge is 0.328 e. The minimum absolute atomic E-state index is 0.0538. The molecular formula is C2H5Cl2O3P. The molecule has 0 aliphatic carbocycles. The van der Waals surface area contributed by atoms with Gasteiger partial charge in [-0.1, -0.05) is 0 Å². The monoisotopic (exact) mass is 178 g/mol. The van der Waals surface area contributed by atoms with Crippen molar-refractivity contribution in [3.05, 3.63) is 0 Å². The summed E-state index contributed by atoms with van der Waals surface area (Å²) in [4.78, 5) is 15.5. The van der Waals surface area contributed by atoms with Crippen molar-refractivity contribution in [1.82, 2.24) is 0 Å². The average molecular weight is 179 g/mol. The van der Waals surface area contributed by atoms with Gasteiger partial charge in [-0.2, -0.15) is 0 Å². The molecule has 0 atom stereocenters. The molecule has 0 rings (SSSR count). The second-order valence-electron chi connectivity index (χ2n) is 0.940. The first-order valence-corrected chi connectivity index (χ1v) is 3.75.